The maximum atomic E-state index is 14.4. The number of likely N-dealkylation sites (tertiary alicyclic amines) is 1. The molecule has 4 aromatic rings. The van der Waals surface area contributed by atoms with Crippen molar-refractivity contribution < 1.29 is 18.8 Å². The molecule has 1 fully saturated rings. The number of fused-ring (bicyclic) bond motifs is 1. The van der Waals surface area contributed by atoms with Gasteiger partial charge in [0.1, 0.15) is 18.8 Å². The molecule has 2 atom stereocenters. The molecular weight excluding hydrogens is 499 g/mol. The van der Waals surface area contributed by atoms with Crippen molar-refractivity contribution in [2.24, 2.45) is 0 Å². The predicted octanol–water partition coefficient (Wildman–Crippen LogP) is 3.93. The Morgan fingerprint density at radius 3 is 2.70 bits per heavy atom. The minimum Gasteiger partial charge on any atom is -0.337 e. The summed E-state index contributed by atoms with van der Waals surface area (Å²) in [6.45, 7) is 1.10. The van der Waals surface area contributed by atoms with Gasteiger partial charge in [-0.3, -0.25) is 14.4 Å². The summed E-state index contributed by atoms with van der Waals surface area (Å²) in [6.07, 6.45) is 4.85. The minimum absolute atomic E-state index is 0.0982. The van der Waals surface area contributed by atoms with E-state index in [0.29, 0.717) is 16.5 Å². The average Bonchev–Trinajstić information content (AvgIpc) is 3.46. The van der Waals surface area contributed by atoms with E-state index in [0.717, 1.165) is 11.1 Å². The number of alkyl halides is 1. The lowest BCUT2D eigenvalue weighted by Gasteiger charge is -2.24. The molecule has 0 saturated carbocycles. The van der Waals surface area contributed by atoms with Crippen LogP contribution < -0.4 is 5.32 Å². The summed E-state index contributed by atoms with van der Waals surface area (Å²) in [4.78, 5) is 43.8. The first-order chi connectivity index (χ1) is 17.8. The molecule has 0 spiro atoms. The van der Waals surface area contributed by atoms with Crippen LogP contribution in [0.1, 0.15) is 23.7 Å². The number of hydrogen-bond acceptors (Lipinski definition) is 6. The fourth-order valence-electron chi connectivity index (χ4n) is 4.59. The van der Waals surface area contributed by atoms with Gasteiger partial charge in [0.2, 0.25) is 11.8 Å². The zero-order valence-electron chi connectivity index (χ0n) is 19.8. The van der Waals surface area contributed by atoms with Crippen molar-refractivity contribution in [3.05, 3.63) is 71.9 Å². The Labute approximate surface area is 216 Å². The second-order valence-corrected chi connectivity index (χ2v) is 9.17. The van der Waals surface area contributed by atoms with Gasteiger partial charge in [0.25, 0.3) is 0 Å². The van der Waals surface area contributed by atoms with Crippen molar-refractivity contribution in [1.29, 1.82) is 0 Å². The summed E-state index contributed by atoms with van der Waals surface area (Å²) in [5.74, 6) is -1.13. The van der Waals surface area contributed by atoms with Crippen molar-refractivity contribution in [1.82, 2.24) is 24.6 Å². The van der Waals surface area contributed by atoms with E-state index in [-0.39, 0.29) is 36.1 Å². The van der Waals surface area contributed by atoms with Gasteiger partial charge in [-0.2, -0.15) is 10.2 Å². The Morgan fingerprint density at radius 2 is 1.97 bits per heavy atom. The number of nitrogens with one attached hydrogen (secondary N) is 1. The van der Waals surface area contributed by atoms with Crippen LogP contribution in [-0.4, -0.2) is 61.0 Å². The number of halogens is 2. The van der Waals surface area contributed by atoms with Gasteiger partial charge >= 0.3 is 0 Å². The molecule has 4 heterocycles. The van der Waals surface area contributed by atoms with Gasteiger partial charge in [0.15, 0.2) is 10.9 Å². The molecule has 3 aromatic heterocycles. The number of aromatic nitrogens is 4. The Bertz CT molecular complexity index is 1510. The van der Waals surface area contributed by atoms with Gasteiger partial charge in [-0.15, -0.1) is 0 Å². The van der Waals surface area contributed by atoms with Crippen molar-refractivity contribution >= 4 is 45.8 Å². The van der Waals surface area contributed by atoms with Gasteiger partial charge in [-0.25, -0.2) is 9.37 Å². The normalized spacial score (nSPS) is 17.2. The summed E-state index contributed by atoms with van der Waals surface area (Å²) < 4.78 is 16.1. The van der Waals surface area contributed by atoms with Crippen LogP contribution in [0.3, 0.4) is 0 Å². The van der Waals surface area contributed by atoms with Crippen LogP contribution in [0.2, 0.25) is 5.15 Å². The van der Waals surface area contributed by atoms with Crippen molar-refractivity contribution in [3.63, 3.8) is 0 Å². The maximum Gasteiger partial charge on any atom is 0.247 e. The molecule has 37 heavy (non-hydrogen) atoms. The summed E-state index contributed by atoms with van der Waals surface area (Å²) in [5, 5.41) is 11.1. The number of pyridine rings is 1. The summed E-state index contributed by atoms with van der Waals surface area (Å²) in [5.41, 5.74) is 3.09. The smallest absolute Gasteiger partial charge is 0.247 e. The minimum atomic E-state index is -1.34. The first-order valence-corrected chi connectivity index (χ1v) is 12.0. The van der Waals surface area contributed by atoms with Crippen molar-refractivity contribution in [2.45, 2.75) is 32.1 Å². The van der Waals surface area contributed by atoms with E-state index in [9.17, 15) is 18.8 Å². The van der Waals surface area contributed by atoms with Gasteiger partial charge in [0, 0.05) is 40.8 Å². The molecule has 1 N–H and O–H groups in total. The lowest BCUT2D eigenvalue weighted by atomic mass is 10.0. The highest BCUT2D eigenvalue weighted by molar-refractivity contribution is 6.32. The Hall–Kier alpha value is -4.18. The Balaban J connectivity index is 1.41. The quantitative estimate of drug-likeness (QED) is 0.305. The first kappa shape index (κ1) is 24.5. The predicted molar refractivity (Wildman–Crippen MR) is 136 cm³/mol. The Kier molecular flexibility index (Phi) is 6.66. The van der Waals surface area contributed by atoms with Crippen LogP contribution in [-0.2, 0) is 16.1 Å². The van der Waals surface area contributed by atoms with Crippen LogP contribution in [0.4, 0.5) is 10.1 Å². The van der Waals surface area contributed by atoms with Crippen LogP contribution in [0.25, 0.3) is 22.0 Å². The standard InChI is InChI=1S/C26H22ClFN6O3/c1-15(35)20-13-33(22-5-4-16(9-19(20)22)17-6-8-30-31-11-17)14-24(36)34-12-18(28)10-23(34)26(37)32-21-3-2-7-29-25(21)27/h2-9,11,13,18,23H,10,12,14H2,1H3,(H,32,37). The van der Waals surface area contributed by atoms with E-state index < -0.39 is 24.0 Å². The molecule has 188 valence electrons. The van der Waals surface area contributed by atoms with Gasteiger partial charge in [-0.05, 0) is 42.8 Å². The summed E-state index contributed by atoms with van der Waals surface area (Å²) in [7, 11) is 0. The lowest BCUT2D eigenvalue weighted by molar-refractivity contribution is -0.137. The third kappa shape index (κ3) is 4.92. The number of amides is 2. The Morgan fingerprint density at radius 1 is 1.14 bits per heavy atom. The SMILES string of the molecule is CC(=O)c1cn(CC(=O)N2CC(F)CC2C(=O)Nc2cccnc2Cl)c2ccc(-c3ccnnc3)cc12. The number of Topliss-reactive ketones (excluding diaryl/α,β-unsaturated/α-hetero) is 1. The van der Waals surface area contributed by atoms with Crippen LogP contribution in [0, 0.1) is 0 Å². The molecule has 1 aliphatic rings. The van der Waals surface area contributed by atoms with E-state index >= 15 is 0 Å². The van der Waals surface area contributed by atoms with Gasteiger partial charge in [-0.1, -0.05) is 17.7 Å². The number of ketones is 1. The largest absolute Gasteiger partial charge is 0.337 e. The van der Waals surface area contributed by atoms with E-state index in [1.807, 2.05) is 24.3 Å². The van der Waals surface area contributed by atoms with E-state index in [1.165, 1.54) is 18.0 Å². The molecule has 1 saturated heterocycles. The monoisotopic (exact) mass is 520 g/mol. The zero-order valence-corrected chi connectivity index (χ0v) is 20.5. The number of nitrogens with zero attached hydrogens (tertiary/aromatic N) is 5. The van der Waals surface area contributed by atoms with E-state index in [2.05, 4.69) is 20.5 Å². The van der Waals surface area contributed by atoms with Crippen LogP contribution in [0.15, 0.2) is 61.2 Å². The molecule has 1 aromatic carbocycles. The summed E-state index contributed by atoms with van der Waals surface area (Å²) in [6, 6.07) is 9.55. The van der Waals surface area contributed by atoms with E-state index in [1.54, 1.807) is 35.3 Å². The number of carbonyl (C=O) groups is 3. The number of anilines is 1. The third-order valence-electron chi connectivity index (χ3n) is 6.37. The fraction of sp³-hybridized carbons (Fsp3) is 0.231. The number of carbonyl (C=O) groups excluding carboxylic acids is 3. The van der Waals surface area contributed by atoms with Crippen molar-refractivity contribution in [3.8, 4) is 11.1 Å². The molecule has 11 heteroatoms. The highest BCUT2D eigenvalue weighted by Gasteiger charge is 2.40. The summed E-state index contributed by atoms with van der Waals surface area (Å²) >= 11 is 6.03. The molecular formula is C26H22ClFN6O3. The molecule has 0 aliphatic carbocycles. The fourth-order valence-corrected chi connectivity index (χ4v) is 4.76. The third-order valence-corrected chi connectivity index (χ3v) is 6.67. The molecule has 0 bridgehead atoms. The number of rotatable bonds is 6. The first-order valence-electron chi connectivity index (χ1n) is 11.6. The van der Waals surface area contributed by atoms with E-state index in [4.69, 9.17) is 11.6 Å². The molecule has 2 amide bonds. The highest BCUT2D eigenvalue weighted by Crippen LogP contribution is 2.29. The molecule has 9 nitrogen and oxygen atoms in total. The zero-order chi connectivity index (χ0) is 26.1. The van der Waals surface area contributed by atoms with Crippen molar-refractivity contribution in [2.75, 3.05) is 11.9 Å². The molecule has 0 radical (unpaired) electrons. The molecule has 5 rings (SSSR count). The van der Waals surface area contributed by atoms with Gasteiger partial charge in [0.05, 0.1) is 24.6 Å². The van der Waals surface area contributed by atoms with Gasteiger partial charge < -0.3 is 14.8 Å². The average molecular weight is 521 g/mol. The lowest BCUT2D eigenvalue weighted by Crippen LogP contribution is -2.44. The number of benzene rings is 1. The number of hydrogen-bond donors (Lipinski definition) is 1. The van der Waals surface area contributed by atoms with Crippen LogP contribution >= 0.6 is 11.6 Å². The van der Waals surface area contributed by atoms with Crippen LogP contribution in [0.5, 0.6) is 0 Å². The molecule has 2 unspecified atom stereocenters. The second-order valence-electron chi connectivity index (χ2n) is 8.82. The topological polar surface area (TPSA) is 110 Å². The highest BCUT2D eigenvalue weighted by atomic mass is 35.5. The maximum absolute atomic E-state index is 14.4. The molecule has 1 aliphatic heterocycles. The second kappa shape index (κ2) is 10.1.